The van der Waals surface area contributed by atoms with Crippen molar-refractivity contribution >= 4 is 27.7 Å². The van der Waals surface area contributed by atoms with Gasteiger partial charge >= 0.3 is 0 Å². The van der Waals surface area contributed by atoms with Crippen LogP contribution in [0.3, 0.4) is 0 Å². The average Bonchev–Trinajstić information content (AvgIpc) is 2.43. The zero-order chi connectivity index (χ0) is 14.3. The van der Waals surface area contributed by atoms with Crippen molar-refractivity contribution in [3.8, 4) is 0 Å². The van der Waals surface area contributed by atoms with E-state index in [-0.39, 0.29) is 31.0 Å². The molecule has 0 aliphatic carbocycles. The lowest BCUT2D eigenvalue weighted by Gasteiger charge is -2.14. The first-order chi connectivity index (χ1) is 9.06. The van der Waals surface area contributed by atoms with Gasteiger partial charge in [0.2, 0.25) is 5.91 Å². The molecule has 0 fully saturated rings. The summed E-state index contributed by atoms with van der Waals surface area (Å²) in [5, 5.41) is 14.1. The lowest BCUT2D eigenvalue weighted by atomic mass is 10.2. The number of amides is 2. The monoisotopic (exact) mass is 328 g/mol. The lowest BCUT2D eigenvalue weighted by molar-refractivity contribution is -0.121. The quantitative estimate of drug-likeness (QED) is 0.730. The van der Waals surface area contributed by atoms with Crippen LogP contribution in [-0.2, 0) is 4.79 Å². The summed E-state index contributed by atoms with van der Waals surface area (Å²) in [4.78, 5) is 23.2. The van der Waals surface area contributed by atoms with E-state index < -0.39 is 0 Å². The number of hydrogen-bond acceptors (Lipinski definition) is 3. The molecule has 1 atom stereocenters. The Balaban J connectivity index is 2.41. The molecule has 0 unspecified atom stereocenters. The maximum atomic E-state index is 11.7. The number of carbonyl (C=O) groups excluding carboxylic acids is 2. The number of benzene rings is 1. The molecule has 0 saturated heterocycles. The average molecular weight is 329 g/mol. The van der Waals surface area contributed by atoms with Crippen molar-refractivity contribution in [3.05, 3.63) is 34.3 Å². The standard InChI is InChI=1S/C13H17BrN2O3/c1-2-11(8-17)16-12(18)7-15-13(19)9-3-5-10(14)6-4-9/h3-6,11,17H,2,7-8H2,1H3,(H,15,19)(H,16,18)/t11-/m1/s1. The Labute approximate surface area is 120 Å². The molecule has 0 aromatic heterocycles. The fraction of sp³-hybridized carbons (Fsp3) is 0.385. The van der Waals surface area contributed by atoms with Crippen LogP contribution in [0.5, 0.6) is 0 Å². The van der Waals surface area contributed by atoms with E-state index in [2.05, 4.69) is 26.6 Å². The smallest absolute Gasteiger partial charge is 0.251 e. The molecule has 0 spiro atoms. The minimum atomic E-state index is -0.314. The highest BCUT2D eigenvalue weighted by atomic mass is 79.9. The van der Waals surface area contributed by atoms with Gasteiger partial charge in [-0.3, -0.25) is 9.59 Å². The van der Waals surface area contributed by atoms with Crippen molar-refractivity contribution in [2.75, 3.05) is 13.2 Å². The Morgan fingerprint density at radius 3 is 2.47 bits per heavy atom. The summed E-state index contributed by atoms with van der Waals surface area (Å²) in [5.74, 6) is -0.619. The van der Waals surface area contributed by atoms with Crippen LogP contribution >= 0.6 is 15.9 Å². The Bertz CT molecular complexity index is 430. The van der Waals surface area contributed by atoms with E-state index >= 15 is 0 Å². The third-order valence-electron chi connectivity index (χ3n) is 2.59. The van der Waals surface area contributed by atoms with Gasteiger partial charge in [-0.25, -0.2) is 0 Å². The maximum absolute atomic E-state index is 11.7. The molecule has 0 aliphatic rings. The third-order valence-corrected chi connectivity index (χ3v) is 3.12. The van der Waals surface area contributed by atoms with E-state index in [1.165, 1.54) is 0 Å². The summed E-state index contributed by atoms with van der Waals surface area (Å²) >= 11 is 3.28. The normalized spacial score (nSPS) is 11.7. The first kappa shape index (κ1) is 15.7. The van der Waals surface area contributed by atoms with E-state index in [0.717, 1.165) is 4.47 Å². The summed E-state index contributed by atoms with van der Waals surface area (Å²) in [6.45, 7) is 1.65. The lowest BCUT2D eigenvalue weighted by Crippen LogP contribution is -2.43. The van der Waals surface area contributed by atoms with Crippen molar-refractivity contribution in [3.63, 3.8) is 0 Å². The molecule has 6 heteroatoms. The minimum absolute atomic E-state index is 0.106. The van der Waals surface area contributed by atoms with Gasteiger partial charge in [0.1, 0.15) is 0 Å². The van der Waals surface area contributed by atoms with Crippen molar-refractivity contribution < 1.29 is 14.7 Å². The Morgan fingerprint density at radius 2 is 1.95 bits per heavy atom. The van der Waals surface area contributed by atoms with Crippen LogP contribution in [-0.4, -0.2) is 36.1 Å². The van der Waals surface area contributed by atoms with Gasteiger partial charge in [-0.05, 0) is 30.7 Å². The predicted octanol–water partition coefficient (Wildman–Crippen LogP) is 1.07. The summed E-state index contributed by atoms with van der Waals surface area (Å²) in [6, 6.07) is 6.58. The van der Waals surface area contributed by atoms with Gasteiger partial charge in [0.25, 0.3) is 5.91 Å². The number of aliphatic hydroxyl groups is 1. The van der Waals surface area contributed by atoms with Crippen LogP contribution in [0.2, 0.25) is 0 Å². The molecular formula is C13H17BrN2O3. The number of rotatable bonds is 6. The van der Waals surface area contributed by atoms with Crippen molar-refractivity contribution in [1.29, 1.82) is 0 Å². The van der Waals surface area contributed by atoms with E-state index in [1.807, 2.05) is 6.92 Å². The van der Waals surface area contributed by atoms with E-state index in [9.17, 15) is 9.59 Å². The number of halogens is 1. The first-order valence-electron chi connectivity index (χ1n) is 6.00. The molecule has 1 aromatic carbocycles. The molecule has 104 valence electrons. The summed E-state index contributed by atoms with van der Waals surface area (Å²) < 4.78 is 0.885. The second kappa shape index (κ2) is 7.91. The molecule has 0 heterocycles. The molecule has 1 rings (SSSR count). The van der Waals surface area contributed by atoms with Gasteiger partial charge in [0, 0.05) is 10.0 Å². The van der Waals surface area contributed by atoms with Crippen LogP contribution < -0.4 is 10.6 Å². The minimum Gasteiger partial charge on any atom is -0.394 e. The zero-order valence-corrected chi connectivity index (χ0v) is 12.2. The number of nitrogens with one attached hydrogen (secondary N) is 2. The van der Waals surface area contributed by atoms with Crippen LogP contribution in [0.4, 0.5) is 0 Å². The summed E-state index contributed by atoms with van der Waals surface area (Å²) in [6.07, 6.45) is 0.642. The highest BCUT2D eigenvalue weighted by molar-refractivity contribution is 9.10. The molecule has 0 radical (unpaired) electrons. The number of hydrogen-bond donors (Lipinski definition) is 3. The second-order valence-corrected chi connectivity index (χ2v) is 4.96. The Morgan fingerprint density at radius 1 is 1.32 bits per heavy atom. The maximum Gasteiger partial charge on any atom is 0.251 e. The predicted molar refractivity (Wildman–Crippen MR) is 75.8 cm³/mol. The molecule has 0 bridgehead atoms. The van der Waals surface area contributed by atoms with Gasteiger partial charge in [0.05, 0.1) is 19.2 Å². The van der Waals surface area contributed by atoms with Crippen molar-refractivity contribution in [2.45, 2.75) is 19.4 Å². The fourth-order valence-corrected chi connectivity index (χ4v) is 1.68. The van der Waals surface area contributed by atoms with Gasteiger partial charge < -0.3 is 15.7 Å². The van der Waals surface area contributed by atoms with Crippen LogP contribution in [0.25, 0.3) is 0 Å². The zero-order valence-electron chi connectivity index (χ0n) is 10.6. The highest BCUT2D eigenvalue weighted by Gasteiger charge is 2.11. The molecule has 19 heavy (non-hydrogen) atoms. The second-order valence-electron chi connectivity index (χ2n) is 4.04. The topological polar surface area (TPSA) is 78.4 Å². The molecule has 2 amide bonds. The molecule has 0 saturated carbocycles. The summed E-state index contributed by atoms with van der Waals surface area (Å²) in [7, 11) is 0. The molecule has 0 aliphatic heterocycles. The molecule has 3 N–H and O–H groups in total. The number of aliphatic hydroxyl groups excluding tert-OH is 1. The van der Waals surface area contributed by atoms with Crippen molar-refractivity contribution in [1.82, 2.24) is 10.6 Å². The highest BCUT2D eigenvalue weighted by Crippen LogP contribution is 2.10. The first-order valence-corrected chi connectivity index (χ1v) is 6.80. The third kappa shape index (κ3) is 5.40. The van der Waals surface area contributed by atoms with Gasteiger partial charge in [0.15, 0.2) is 0 Å². The molecule has 5 nitrogen and oxygen atoms in total. The van der Waals surface area contributed by atoms with Crippen molar-refractivity contribution in [2.24, 2.45) is 0 Å². The van der Waals surface area contributed by atoms with Crippen LogP contribution in [0.1, 0.15) is 23.7 Å². The van der Waals surface area contributed by atoms with Gasteiger partial charge in [-0.2, -0.15) is 0 Å². The van der Waals surface area contributed by atoms with E-state index in [0.29, 0.717) is 12.0 Å². The van der Waals surface area contributed by atoms with E-state index in [4.69, 9.17) is 5.11 Å². The fourth-order valence-electron chi connectivity index (χ4n) is 1.42. The Kier molecular flexibility index (Phi) is 6.52. The van der Waals surface area contributed by atoms with E-state index in [1.54, 1.807) is 24.3 Å². The molecular weight excluding hydrogens is 312 g/mol. The van der Waals surface area contributed by atoms with Crippen LogP contribution in [0, 0.1) is 0 Å². The SMILES string of the molecule is CC[C@H](CO)NC(=O)CNC(=O)c1ccc(Br)cc1. The largest absolute Gasteiger partial charge is 0.394 e. The Hall–Kier alpha value is -1.40. The van der Waals surface area contributed by atoms with Gasteiger partial charge in [-0.1, -0.05) is 22.9 Å². The van der Waals surface area contributed by atoms with Gasteiger partial charge in [-0.15, -0.1) is 0 Å². The summed E-state index contributed by atoms with van der Waals surface area (Å²) in [5.41, 5.74) is 0.491. The molecule has 1 aromatic rings. The van der Waals surface area contributed by atoms with Crippen LogP contribution in [0.15, 0.2) is 28.7 Å². The number of carbonyl (C=O) groups is 2.